The molecule has 0 amide bonds. The molecule has 3 aromatic rings. The van der Waals surface area contributed by atoms with Gasteiger partial charge in [0.1, 0.15) is 6.07 Å². The summed E-state index contributed by atoms with van der Waals surface area (Å²) in [7, 11) is -9.77. The zero-order valence-electron chi connectivity index (χ0n) is 17.7. The summed E-state index contributed by atoms with van der Waals surface area (Å²) in [5.74, 6) is 0. The summed E-state index contributed by atoms with van der Waals surface area (Å²) in [6, 6.07) is 15.4. The van der Waals surface area contributed by atoms with Gasteiger partial charge in [0.25, 0.3) is 10.0 Å². The van der Waals surface area contributed by atoms with Gasteiger partial charge in [-0.05, 0) is 42.5 Å². The number of hydrogen-bond acceptors (Lipinski definition) is 4. The van der Waals surface area contributed by atoms with E-state index in [1.54, 1.807) is 30.3 Å². The number of sulfonamides is 1. The third-order valence-corrected chi connectivity index (χ3v) is 9.98. The van der Waals surface area contributed by atoms with E-state index in [2.05, 4.69) is 0 Å². The average molecular weight is 527 g/mol. The molecule has 0 aromatic heterocycles. The molecule has 0 saturated heterocycles. The Kier molecular flexibility index (Phi) is 7.16. The summed E-state index contributed by atoms with van der Waals surface area (Å²) in [5.41, 5.74) is -0.163. The van der Waals surface area contributed by atoms with E-state index in [9.17, 15) is 28.0 Å². The van der Waals surface area contributed by atoms with E-state index in [-0.39, 0.29) is 39.0 Å². The molecule has 0 spiro atoms. The van der Waals surface area contributed by atoms with E-state index in [0.29, 0.717) is 15.1 Å². The van der Waals surface area contributed by atoms with Crippen LogP contribution in [-0.2, 0) is 14.6 Å². The Morgan fingerprint density at radius 2 is 1.61 bits per heavy atom. The Hall–Kier alpha value is -2.11. The molecule has 0 saturated carbocycles. The molecule has 33 heavy (non-hydrogen) atoms. The molecule has 0 fully saturated rings. The van der Waals surface area contributed by atoms with Gasteiger partial charge in [-0.2, -0.15) is 5.26 Å². The summed E-state index contributed by atoms with van der Waals surface area (Å²) in [6.07, 6.45) is -0.454. The highest BCUT2D eigenvalue weighted by molar-refractivity contribution is 7.93. The second-order valence-corrected chi connectivity index (χ2v) is 12.0. The average Bonchev–Trinajstić information content (AvgIpc) is 2.75. The van der Waals surface area contributed by atoms with Crippen LogP contribution in [0.1, 0.15) is 32.3 Å². The summed E-state index contributed by atoms with van der Waals surface area (Å²) in [6.45, 7) is 2.99. The minimum atomic E-state index is -5.11. The van der Waals surface area contributed by atoms with Gasteiger partial charge >= 0.3 is 7.60 Å². The van der Waals surface area contributed by atoms with Gasteiger partial charge in [0.15, 0.2) is 5.28 Å². The number of nitriles is 1. The van der Waals surface area contributed by atoms with E-state index in [4.69, 9.17) is 23.2 Å². The van der Waals surface area contributed by atoms with Crippen molar-refractivity contribution in [3.05, 3.63) is 70.2 Å². The fourth-order valence-corrected chi connectivity index (χ4v) is 8.33. The predicted octanol–water partition coefficient (Wildman–Crippen LogP) is 5.91. The molecule has 174 valence electrons. The first-order chi connectivity index (χ1) is 15.4. The molecule has 0 unspecified atom stereocenters. The summed E-state index contributed by atoms with van der Waals surface area (Å²) in [4.78, 5) is 20.6. The van der Waals surface area contributed by atoms with Gasteiger partial charge in [0.05, 0.1) is 16.1 Å². The lowest BCUT2D eigenvalue weighted by Gasteiger charge is -2.44. The number of rotatable bonds is 7. The zero-order chi connectivity index (χ0) is 24.6. The number of halogens is 2. The third-order valence-electron chi connectivity index (χ3n) is 5.65. The number of anilines is 1. The molecule has 3 aromatic carbocycles. The van der Waals surface area contributed by atoms with Gasteiger partial charge in [-0.3, -0.25) is 4.57 Å². The van der Waals surface area contributed by atoms with E-state index in [1.807, 2.05) is 6.07 Å². The Balaban J connectivity index is 2.57. The second-order valence-electron chi connectivity index (χ2n) is 7.40. The Morgan fingerprint density at radius 1 is 1.03 bits per heavy atom. The maximum atomic E-state index is 14.1. The van der Waals surface area contributed by atoms with Gasteiger partial charge in [0.2, 0.25) is 0 Å². The number of fused-ring (bicyclic) bond motifs is 1. The third kappa shape index (κ3) is 4.38. The lowest BCUT2D eigenvalue weighted by molar-refractivity contribution is 0.317. The monoisotopic (exact) mass is 526 g/mol. The molecule has 0 heterocycles. The molecule has 0 aliphatic carbocycles. The van der Waals surface area contributed by atoms with Crippen molar-refractivity contribution in [2.75, 3.05) is 4.31 Å². The number of hydrogen-bond donors (Lipinski definition) is 2. The molecule has 2 N–H and O–H groups in total. The Morgan fingerprint density at radius 3 is 2.12 bits per heavy atom. The second kappa shape index (κ2) is 9.27. The largest absolute Gasteiger partial charge is 0.351 e. The highest BCUT2D eigenvalue weighted by Gasteiger charge is 2.55. The highest BCUT2D eigenvalue weighted by Crippen LogP contribution is 2.59. The summed E-state index contributed by atoms with van der Waals surface area (Å²) in [5, 5.41) is 8.71. The predicted molar refractivity (Wildman–Crippen MR) is 130 cm³/mol. The van der Waals surface area contributed by atoms with Crippen molar-refractivity contribution < 1.29 is 22.8 Å². The highest BCUT2D eigenvalue weighted by atomic mass is 35.5. The van der Waals surface area contributed by atoms with Crippen LogP contribution in [0.2, 0.25) is 10.0 Å². The quantitative estimate of drug-likeness (QED) is 0.369. The van der Waals surface area contributed by atoms with Crippen LogP contribution in [0.15, 0.2) is 59.5 Å². The molecule has 0 radical (unpaired) electrons. The Labute approximate surface area is 202 Å². The maximum absolute atomic E-state index is 14.1. The SMILES string of the molecule is CCC(CC)(N(c1c(C#N)ccc2ccccc12)S(=O)(=O)c1cc(Cl)cc(Cl)c1)P(=O)(O)O. The normalized spacial score (nSPS) is 12.5. The fraction of sp³-hybridized carbons (Fsp3) is 0.227. The molecular formula is C22H21Cl2N2O5PS. The van der Waals surface area contributed by atoms with Crippen LogP contribution >= 0.6 is 30.8 Å². The maximum Gasteiger partial charge on any atom is 0.351 e. The molecular weight excluding hydrogens is 506 g/mol. The standard InChI is InChI=1S/C22H21Cl2N2O5PS/c1-3-22(4-2,32(27,28)29)26(33(30,31)19-12-17(23)11-18(24)13-19)21-16(14-25)10-9-15-7-5-6-8-20(15)21/h5-13H,3-4H2,1-2H3,(H2,27,28,29). The van der Waals surface area contributed by atoms with Crippen molar-refractivity contribution in [2.24, 2.45) is 0 Å². The Bertz CT molecular complexity index is 1390. The topological polar surface area (TPSA) is 119 Å². The van der Waals surface area contributed by atoms with Crippen molar-refractivity contribution in [1.29, 1.82) is 5.26 Å². The van der Waals surface area contributed by atoms with Gasteiger partial charge in [-0.15, -0.1) is 0 Å². The molecule has 3 rings (SSSR count). The van der Waals surface area contributed by atoms with Gasteiger partial charge in [-0.1, -0.05) is 67.4 Å². The van der Waals surface area contributed by atoms with E-state index in [1.165, 1.54) is 26.0 Å². The van der Waals surface area contributed by atoms with Crippen LogP contribution in [0.3, 0.4) is 0 Å². The minimum Gasteiger partial charge on any atom is -0.323 e. The van der Waals surface area contributed by atoms with Crippen LogP contribution in [0, 0.1) is 11.3 Å². The minimum absolute atomic E-state index is 0.0363. The van der Waals surface area contributed by atoms with Crippen molar-refractivity contribution in [2.45, 2.75) is 36.9 Å². The molecule has 0 aliphatic heterocycles. The van der Waals surface area contributed by atoms with Crippen LogP contribution < -0.4 is 4.31 Å². The van der Waals surface area contributed by atoms with Crippen molar-refractivity contribution in [1.82, 2.24) is 0 Å². The first-order valence-corrected chi connectivity index (χ1v) is 13.7. The lowest BCUT2D eigenvalue weighted by Crippen LogP contribution is -2.51. The number of nitrogens with zero attached hydrogens (tertiary/aromatic N) is 2. The van der Waals surface area contributed by atoms with Gasteiger partial charge < -0.3 is 9.79 Å². The molecule has 0 atom stereocenters. The van der Waals surface area contributed by atoms with Gasteiger partial charge in [0, 0.05) is 15.4 Å². The van der Waals surface area contributed by atoms with E-state index >= 15 is 0 Å². The molecule has 7 nitrogen and oxygen atoms in total. The summed E-state index contributed by atoms with van der Waals surface area (Å²) < 4.78 is 41.9. The molecule has 0 aliphatic rings. The van der Waals surface area contributed by atoms with Crippen molar-refractivity contribution >= 4 is 57.3 Å². The zero-order valence-corrected chi connectivity index (χ0v) is 21.0. The van der Waals surface area contributed by atoms with E-state index in [0.717, 1.165) is 12.1 Å². The van der Waals surface area contributed by atoms with Gasteiger partial charge in [-0.25, -0.2) is 12.7 Å². The molecule has 11 heteroatoms. The smallest absolute Gasteiger partial charge is 0.323 e. The van der Waals surface area contributed by atoms with Crippen LogP contribution in [0.25, 0.3) is 10.8 Å². The van der Waals surface area contributed by atoms with Crippen LogP contribution in [0.5, 0.6) is 0 Å². The van der Waals surface area contributed by atoms with Crippen LogP contribution in [0.4, 0.5) is 5.69 Å². The van der Waals surface area contributed by atoms with Crippen LogP contribution in [-0.4, -0.2) is 23.5 Å². The van der Waals surface area contributed by atoms with Crippen molar-refractivity contribution in [3.8, 4) is 6.07 Å². The van der Waals surface area contributed by atoms with E-state index < -0.39 is 22.9 Å². The number of benzene rings is 3. The fourth-order valence-electron chi connectivity index (χ4n) is 3.97. The first kappa shape index (κ1) is 25.5. The van der Waals surface area contributed by atoms with Crippen molar-refractivity contribution in [3.63, 3.8) is 0 Å². The first-order valence-electron chi connectivity index (χ1n) is 9.92. The lowest BCUT2D eigenvalue weighted by atomic mass is 10.0. The summed E-state index contributed by atoms with van der Waals surface area (Å²) >= 11 is 12.1. The molecule has 0 bridgehead atoms.